The van der Waals surface area contributed by atoms with Crippen molar-refractivity contribution in [2.75, 3.05) is 20.1 Å². The Morgan fingerprint density at radius 3 is 2.59 bits per heavy atom. The Labute approximate surface area is 160 Å². The summed E-state index contributed by atoms with van der Waals surface area (Å²) in [6, 6.07) is 9.14. The minimum atomic E-state index is -0.362. The fourth-order valence-electron chi connectivity index (χ4n) is 2.95. The number of imide groups is 1. The molecule has 3 rings (SSSR count). The number of carbonyl (C=O) groups is 3. The molecule has 1 aliphatic heterocycles. The molecule has 1 fully saturated rings. The molecular weight excluding hydrogens is 369 g/mol. The first-order chi connectivity index (χ1) is 13.0. The Bertz CT molecular complexity index is 823. The van der Waals surface area contributed by atoms with E-state index in [2.05, 4.69) is 5.32 Å². The number of urea groups is 1. The standard InChI is InChI=1S/C19H20FN3O3S/c1-22-12-17(25)23(19(22)26)10-2-5-16(24)21-18(15-4-3-11-27-15)13-6-8-14(20)9-7-13/h3-4,6-9,11,18H,2,5,10,12H2,1H3,(H,21,24). The van der Waals surface area contributed by atoms with Gasteiger partial charge in [-0.2, -0.15) is 0 Å². The van der Waals surface area contributed by atoms with E-state index in [-0.39, 0.29) is 49.2 Å². The Morgan fingerprint density at radius 1 is 1.26 bits per heavy atom. The number of nitrogens with zero attached hydrogens (tertiary/aromatic N) is 2. The molecule has 2 heterocycles. The number of carbonyl (C=O) groups excluding carboxylic acids is 3. The molecule has 0 radical (unpaired) electrons. The fourth-order valence-corrected chi connectivity index (χ4v) is 3.75. The average molecular weight is 389 g/mol. The zero-order valence-electron chi connectivity index (χ0n) is 14.9. The number of nitrogens with one attached hydrogen (secondary N) is 1. The van der Waals surface area contributed by atoms with Crippen molar-refractivity contribution >= 4 is 29.2 Å². The van der Waals surface area contributed by atoms with Gasteiger partial charge in [0.1, 0.15) is 12.4 Å². The minimum absolute atomic E-state index is 0.0794. The van der Waals surface area contributed by atoms with Crippen LogP contribution in [0.4, 0.5) is 9.18 Å². The van der Waals surface area contributed by atoms with Gasteiger partial charge in [0.15, 0.2) is 0 Å². The Hall–Kier alpha value is -2.74. The number of halogens is 1. The maximum Gasteiger partial charge on any atom is 0.326 e. The molecule has 1 saturated heterocycles. The summed E-state index contributed by atoms with van der Waals surface area (Å²) < 4.78 is 13.2. The third kappa shape index (κ3) is 4.51. The molecule has 6 nitrogen and oxygen atoms in total. The van der Waals surface area contributed by atoms with Gasteiger partial charge in [0.2, 0.25) is 11.8 Å². The topological polar surface area (TPSA) is 69.7 Å². The molecule has 0 bridgehead atoms. The highest BCUT2D eigenvalue weighted by molar-refractivity contribution is 7.10. The molecule has 1 atom stereocenters. The normalized spacial score (nSPS) is 15.3. The number of rotatable bonds is 7. The molecule has 1 unspecified atom stereocenters. The zero-order chi connectivity index (χ0) is 19.4. The summed E-state index contributed by atoms with van der Waals surface area (Å²) in [7, 11) is 1.57. The molecule has 4 amide bonds. The van der Waals surface area contributed by atoms with Crippen molar-refractivity contribution in [2.24, 2.45) is 0 Å². The van der Waals surface area contributed by atoms with E-state index in [1.807, 2.05) is 17.5 Å². The number of benzene rings is 1. The Kier molecular flexibility index (Phi) is 5.85. The third-order valence-electron chi connectivity index (χ3n) is 4.35. The van der Waals surface area contributed by atoms with Crippen molar-refractivity contribution in [3.63, 3.8) is 0 Å². The predicted molar refractivity (Wildman–Crippen MR) is 99.7 cm³/mol. The SMILES string of the molecule is CN1CC(=O)N(CCCC(=O)NC(c2ccc(F)cc2)c2cccs2)C1=O. The van der Waals surface area contributed by atoms with Crippen LogP contribution in [0, 0.1) is 5.82 Å². The van der Waals surface area contributed by atoms with E-state index >= 15 is 0 Å². The van der Waals surface area contributed by atoms with Crippen LogP contribution in [-0.4, -0.2) is 47.8 Å². The van der Waals surface area contributed by atoms with E-state index in [4.69, 9.17) is 0 Å². The number of hydrogen-bond acceptors (Lipinski definition) is 4. The van der Waals surface area contributed by atoms with Gasteiger partial charge in [0, 0.05) is 24.9 Å². The number of amides is 4. The lowest BCUT2D eigenvalue weighted by molar-refractivity contribution is -0.126. The van der Waals surface area contributed by atoms with Gasteiger partial charge in [0.25, 0.3) is 0 Å². The van der Waals surface area contributed by atoms with Gasteiger partial charge in [0.05, 0.1) is 6.04 Å². The lowest BCUT2D eigenvalue weighted by Gasteiger charge is -2.19. The van der Waals surface area contributed by atoms with Crippen molar-refractivity contribution < 1.29 is 18.8 Å². The highest BCUT2D eigenvalue weighted by Crippen LogP contribution is 2.26. The van der Waals surface area contributed by atoms with Crippen LogP contribution in [0.2, 0.25) is 0 Å². The first-order valence-corrected chi connectivity index (χ1v) is 9.47. The van der Waals surface area contributed by atoms with Crippen LogP contribution in [-0.2, 0) is 9.59 Å². The molecule has 0 spiro atoms. The van der Waals surface area contributed by atoms with Gasteiger partial charge in [-0.15, -0.1) is 11.3 Å². The van der Waals surface area contributed by atoms with Crippen LogP contribution in [0.5, 0.6) is 0 Å². The molecule has 1 aromatic carbocycles. The molecule has 1 aromatic heterocycles. The largest absolute Gasteiger partial charge is 0.344 e. The summed E-state index contributed by atoms with van der Waals surface area (Å²) >= 11 is 1.51. The van der Waals surface area contributed by atoms with Crippen molar-refractivity contribution in [1.82, 2.24) is 15.1 Å². The van der Waals surface area contributed by atoms with Crippen LogP contribution in [0.3, 0.4) is 0 Å². The second kappa shape index (κ2) is 8.30. The maximum absolute atomic E-state index is 13.2. The van der Waals surface area contributed by atoms with E-state index in [9.17, 15) is 18.8 Å². The fraction of sp³-hybridized carbons (Fsp3) is 0.316. The van der Waals surface area contributed by atoms with Crippen molar-refractivity contribution in [3.8, 4) is 0 Å². The predicted octanol–water partition coefficient (Wildman–Crippen LogP) is 2.77. The summed E-state index contributed by atoms with van der Waals surface area (Å²) in [4.78, 5) is 39.5. The van der Waals surface area contributed by atoms with Crippen molar-refractivity contribution in [2.45, 2.75) is 18.9 Å². The quantitative estimate of drug-likeness (QED) is 0.741. The molecule has 142 valence electrons. The summed E-state index contributed by atoms with van der Waals surface area (Å²) in [5.41, 5.74) is 0.790. The minimum Gasteiger partial charge on any atom is -0.344 e. The monoisotopic (exact) mass is 389 g/mol. The molecule has 8 heteroatoms. The van der Waals surface area contributed by atoms with E-state index in [0.717, 1.165) is 10.4 Å². The van der Waals surface area contributed by atoms with Gasteiger partial charge < -0.3 is 10.2 Å². The van der Waals surface area contributed by atoms with Gasteiger partial charge in [-0.1, -0.05) is 18.2 Å². The van der Waals surface area contributed by atoms with E-state index in [0.29, 0.717) is 6.42 Å². The van der Waals surface area contributed by atoms with Gasteiger partial charge in [-0.3, -0.25) is 14.5 Å². The molecule has 2 aromatic rings. The number of hydrogen-bond donors (Lipinski definition) is 1. The summed E-state index contributed by atoms with van der Waals surface area (Å²) in [5.74, 6) is -0.768. The Balaban J connectivity index is 1.59. The smallest absolute Gasteiger partial charge is 0.326 e. The maximum atomic E-state index is 13.2. The summed E-state index contributed by atoms with van der Waals surface area (Å²) in [5, 5.41) is 4.88. The van der Waals surface area contributed by atoms with Gasteiger partial charge in [-0.25, -0.2) is 9.18 Å². The summed E-state index contributed by atoms with van der Waals surface area (Å²) in [6.07, 6.45) is 0.571. The molecule has 27 heavy (non-hydrogen) atoms. The van der Waals surface area contributed by atoms with Crippen LogP contribution < -0.4 is 5.32 Å². The van der Waals surface area contributed by atoms with Crippen LogP contribution in [0.15, 0.2) is 41.8 Å². The molecular formula is C19H20FN3O3S. The Morgan fingerprint density at radius 2 is 2.00 bits per heavy atom. The molecule has 0 aliphatic carbocycles. The first-order valence-electron chi connectivity index (χ1n) is 8.59. The molecule has 1 N–H and O–H groups in total. The molecule has 1 aliphatic rings. The van der Waals surface area contributed by atoms with Crippen LogP contribution in [0.25, 0.3) is 0 Å². The van der Waals surface area contributed by atoms with Crippen molar-refractivity contribution in [3.05, 3.63) is 58.0 Å². The van der Waals surface area contributed by atoms with Crippen LogP contribution in [0.1, 0.15) is 29.3 Å². The zero-order valence-corrected chi connectivity index (χ0v) is 15.7. The van der Waals surface area contributed by atoms with E-state index in [1.165, 1.54) is 33.3 Å². The van der Waals surface area contributed by atoms with Crippen LogP contribution >= 0.6 is 11.3 Å². The highest BCUT2D eigenvalue weighted by atomic mass is 32.1. The molecule has 0 saturated carbocycles. The number of likely N-dealkylation sites (N-methyl/N-ethyl adjacent to an activating group) is 1. The third-order valence-corrected chi connectivity index (χ3v) is 5.29. The number of thiophene rings is 1. The average Bonchev–Trinajstić information content (AvgIpc) is 3.25. The highest BCUT2D eigenvalue weighted by Gasteiger charge is 2.32. The van der Waals surface area contributed by atoms with E-state index in [1.54, 1.807) is 19.2 Å². The summed E-state index contributed by atoms with van der Waals surface area (Å²) in [6.45, 7) is 0.297. The lowest BCUT2D eigenvalue weighted by atomic mass is 10.0. The second-order valence-electron chi connectivity index (χ2n) is 6.36. The second-order valence-corrected chi connectivity index (χ2v) is 7.33. The first kappa shape index (κ1) is 19.0. The lowest BCUT2D eigenvalue weighted by Crippen LogP contribution is -2.34. The van der Waals surface area contributed by atoms with Gasteiger partial charge in [-0.05, 0) is 35.6 Å². The van der Waals surface area contributed by atoms with Crippen molar-refractivity contribution in [1.29, 1.82) is 0 Å². The van der Waals surface area contributed by atoms with Gasteiger partial charge >= 0.3 is 6.03 Å². The van der Waals surface area contributed by atoms with E-state index < -0.39 is 0 Å².